The van der Waals surface area contributed by atoms with Gasteiger partial charge in [-0.05, 0) is 135 Å². The Labute approximate surface area is 511 Å². The van der Waals surface area contributed by atoms with Crippen molar-refractivity contribution in [2.75, 3.05) is 13.2 Å². The first-order valence-electron chi connectivity index (χ1n) is 33.6. The molecule has 1 unspecified atom stereocenters. The van der Waals surface area contributed by atoms with Crippen LogP contribution in [0.25, 0.3) is 0 Å². The normalized spacial score (nSPS) is 13.2. The summed E-state index contributed by atoms with van der Waals surface area (Å²) in [5.41, 5.74) is 0. The summed E-state index contributed by atoms with van der Waals surface area (Å²) in [7, 11) is 0. The van der Waals surface area contributed by atoms with Crippen LogP contribution < -0.4 is 0 Å². The fourth-order valence-electron chi connectivity index (χ4n) is 8.76. The zero-order chi connectivity index (χ0) is 59.9. The molecule has 0 radical (unpaired) electrons. The van der Waals surface area contributed by atoms with Crippen molar-refractivity contribution < 1.29 is 28.6 Å². The average Bonchev–Trinajstić information content (AvgIpc) is 3.48. The molecular formula is C77H122O6. The number of unbranched alkanes of at least 4 members (excludes halogenated alkanes) is 20. The van der Waals surface area contributed by atoms with Gasteiger partial charge in [-0.2, -0.15) is 0 Å². The Morgan fingerprint density at radius 2 is 0.470 bits per heavy atom. The topological polar surface area (TPSA) is 78.9 Å². The number of hydrogen-bond donors (Lipinski definition) is 0. The zero-order valence-corrected chi connectivity index (χ0v) is 53.4. The first kappa shape index (κ1) is 77.8. The molecular weight excluding hydrogens is 1020 g/mol. The highest BCUT2D eigenvalue weighted by molar-refractivity contribution is 5.71. The lowest BCUT2D eigenvalue weighted by Crippen LogP contribution is -2.30. The van der Waals surface area contributed by atoms with Gasteiger partial charge in [-0.25, -0.2) is 0 Å². The highest BCUT2D eigenvalue weighted by Gasteiger charge is 2.19. The number of allylic oxidation sites excluding steroid dienone is 28. The minimum Gasteiger partial charge on any atom is -0.462 e. The summed E-state index contributed by atoms with van der Waals surface area (Å²) < 4.78 is 16.9. The maximum Gasteiger partial charge on any atom is 0.306 e. The predicted molar refractivity (Wildman–Crippen MR) is 361 cm³/mol. The van der Waals surface area contributed by atoms with Gasteiger partial charge in [0.05, 0.1) is 0 Å². The van der Waals surface area contributed by atoms with Crippen LogP contribution in [-0.2, 0) is 28.6 Å². The maximum atomic E-state index is 12.9. The summed E-state index contributed by atoms with van der Waals surface area (Å²) in [5.74, 6) is -0.957. The van der Waals surface area contributed by atoms with E-state index in [1.165, 1.54) is 83.5 Å². The van der Waals surface area contributed by atoms with E-state index in [1.54, 1.807) is 0 Å². The van der Waals surface area contributed by atoms with Gasteiger partial charge in [-0.1, -0.05) is 294 Å². The van der Waals surface area contributed by atoms with Crippen LogP contribution in [0.1, 0.15) is 278 Å². The number of rotatable bonds is 59. The van der Waals surface area contributed by atoms with E-state index in [4.69, 9.17) is 14.2 Å². The predicted octanol–water partition coefficient (Wildman–Crippen LogP) is 23.4. The zero-order valence-electron chi connectivity index (χ0n) is 53.4. The molecule has 1 atom stereocenters. The Balaban J connectivity index is 4.41. The van der Waals surface area contributed by atoms with Gasteiger partial charge < -0.3 is 14.2 Å². The highest BCUT2D eigenvalue weighted by atomic mass is 16.6. The molecule has 0 amide bonds. The van der Waals surface area contributed by atoms with E-state index in [9.17, 15) is 14.4 Å². The molecule has 0 bridgehead atoms. The summed E-state index contributed by atoms with van der Waals surface area (Å²) in [4.78, 5) is 38.3. The summed E-state index contributed by atoms with van der Waals surface area (Å²) in [6, 6.07) is 0. The molecule has 83 heavy (non-hydrogen) atoms. The van der Waals surface area contributed by atoms with Crippen molar-refractivity contribution in [2.24, 2.45) is 0 Å². The Morgan fingerprint density at radius 3 is 0.759 bits per heavy atom. The molecule has 0 aliphatic heterocycles. The summed E-state index contributed by atoms with van der Waals surface area (Å²) in [5, 5.41) is 0. The third kappa shape index (κ3) is 67.4. The highest BCUT2D eigenvalue weighted by Crippen LogP contribution is 2.15. The molecule has 466 valence electrons. The van der Waals surface area contributed by atoms with Crippen molar-refractivity contribution >= 4 is 17.9 Å². The molecule has 0 fully saturated rings. The van der Waals surface area contributed by atoms with Crippen LogP contribution >= 0.6 is 0 Å². The summed E-state index contributed by atoms with van der Waals surface area (Å²) in [6.07, 6.45) is 102. The molecule has 0 aromatic carbocycles. The quantitative estimate of drug-likeness (QED) is 0.0261. The molecule has 0 aliphatic rings. The second-order valence-electron chi connectivity index (χ2n) is 21.6. The standard InChI is InChI=1S/C77H122O6/c1-4-7-10-13-16-19-22-24-26-28-30-32-34-36-38-40-42-44-46-48-50-52-55-58-61-64-67-70-76(79)82-73-74(72-81-75(78)69-66-63-60-57-54-21-18-15-12-9-6-3)83-77(80)71-68-65-62-59-56-53-51-49-47-45-43-41-39-37-35-33-31-29-27-25-23-20-17-14-11-8-5-2/h7-8,10-11,16-17,19-20,24-27,30-33,36-39,42-45,48,50,55,58,74H,4-6,9,12-15,18,21-23,28-29,34-35,40-41,46-47,49,51-54,56-57,59-73H2,1-3H3/b10-7-,11-8-,19-16-,20-17-,26-24-,27-25-,32-30-,33-31-,38-36-,39-37-,44-42-,45-43-,50-48-,58-55-. The molecule has 0 heterocycles. The van der Waals surface area contributed by atoms with Crippen LogP contribution in [0.2, 0.25) is 0 Å². The van der Waals surface area contributed by atoms with E-state index in [0.29, 0.717) is 25.7 Å². The van der Waals surface area contributed by atoms with Crippen molar-refractivity contribution in [2.45, 2.75) is 284 Å². The number of hydrogen-bond acceptors (Lipinski definition) is 6. The Bertz CT molecular complexity index is 1890. The molecule has 0 rings (SSSR count). The molecule has 6 heteroatoms. The summed E-state index contributed by atoms with van der Waals surface area (Å²) in [6.45, 7) is 6.36. The van der Waals surface area contributed by atoms with Gasteiger partial charge in [-0.15, -0.1) is 0 Å². The third-order valence-electron chi connectivity index (χ3n) is 13.7. The Hall–Kier alpha value is -5.23. The second-order valence-corrected chi connectivity index (χ2v) is 21.6. The van der Waals surface area contributed by atoms with Gasteiger partial charge in [-0.3, -0.25) is 14.4 Å². The molecule has 0 spiro atoms. The van der Waals surface area contributed by atoms with Crippen LogP contribution in [0.5, 0.6) is 0 Å². The minimum atomic E-state index is -0.809. The number of carbonyl (C=O) groups is 3. The largest absolute Gasteiger partial charge is 0.462 e. The molecule has 6 nitrogen and oxygen atoms in total. The summed E-state index contributed by atoms with van der Waals surface area (Å²) >= 11 is 0. The van der Waals surface area contributed by atoms with Gasteiger partial charge >= 0.3 is 17.9 Å². The van der Waals surface area contributed by atoms with Crippen LogP contribution in [-0.4, -0.2) is 37.2 Å². The van der Waals surface area contributed by atoms with Gasteiger partial charge in [0.25, 0.3) is 0 Å². The molecule has 0 aliphatic carbocycles. The SMILES string of the molecule is CC/C=C\C/C=C\C/C=C\C/C=C\C/C=C\C/C=C\C/C=C\C/C=C\CCCCC(=O)OCC(COC(=O)CCCCCCCCCCCCC)OC(=O)CCCCCCCCCC/C=C\C/C=C\C/C=C\C/C=C\C/C=C\C/C=C\CC. The second kappa shape index (κ2) is 69.3. The van der Waals surface area contributed by atoms with Gasteiger partial charge in [0, 0.05) is 19.3 Å². The van der Waals surface area contributed by atoms with Gasteiger partial charge in [0.2, 0.25) is 0 Å². The monoisotopic (exact) mass is 1140 g/mol. The van der Waals surface area contributed by atoms with Gasteiger partial charge in [0.1, 0.15) is 13.2 Å². The van der Waals surface area contributed by atoms with Gasteiger partial charge in [0.15, 0.2) is 6.10 Å². The van der Waals surface area contributed by atoms with Crippen LogP contribution in [0.15, 0.2) is 170 Å². The smallest absolute Gasteiger partial charge is 0.306 e. The Morgan fingerprint density at radius 1 is 0.253 bits per heavy atom. The fourth-order valence-corrected chi connectivity index (χ4v) is 8.76. The van der Waals surface area contributed by atoms with Crippen molar-refractivity contribution in [3.63, 3.8) is 0 Å². The van der Waals surface area contributed by atoms with Crippen LogP contribution in [0.3, 0.4) is 0 Å². The first-order chi connectivity index (χ1) is 41.0. The van der Waals surface area contributed by atoms with Crippen molar-refractivity contribution in [3.05, 3.63) is 170 Å². The lowest BCUT2D eigenvalue weighted by molar-refractivity contribution is -0.167. The number of carbonyl (C=O) groups excluding carboxylic acids is 3. The lowest BCUT2D eigenvalue weighted by atomic mass is 10.1. The minimum absolute atomic E-state index is 0.101. The van der Waals surface area contributed by atoms with E-state index in [1.807, 2.05) is 0 Å². The maximum absolute atomic E-state index is 12.9. The number of ether oxygens (including phenoxy) is 3. The lowest BCUT2D eigenvalue weighted by Gasteiger charge is -2.18. The van der Waals surface area contributed by atoms with E-state index in [2.05, 4.69) is 191 Å². The van der Waals surface area contributed by atoms with Crippen molar-refractivity contribution in [3.8, 4) is 0 Å². The number of esters is 3. The molecule has 0 N–H and O–H groups in total. The first-order valence-corrected chi connectivity index (χ1v) is 33.6. The third-order valence-corrected chi connectivity index (χ3v) is 13.7. The van der Waals surface area contributed by atoms with E-state index in [0.717, 1.165) is 148 Å². The molecule has 0 saturated carbocycles. The van der Waals surface area contributed by atoms with Crippen molar-refractivity contribution in [1.29, 1.82) is 0 Å². The van der Waals surface area contributed by atoms with Crippen LogP contribution in [0.4, 0.5) is 0 Å². The average molecular weight is 1140 g/mol. The Kier molecular flexibility index (Phi) is 64.9. The van der Waals surface area contributed by atoms with E-state index < -0.39 is 6.10 Å². The van der Waals surface area contributed by atoms with E-state index >= 15 is 0 Å². The fraction of sp³-hybridized carbons (Fsp3) is 0.597. The molecule has 0 saturated heterocycles. The molecule has 0 aromatic rings. The molecule has 0 aromatic heterocycles. The van der Waals surface area contributed by atoms with Crippen LogP contribution in [0, 0.1) is 0 Å². The van der Waals surface area contributed by atoms with E-state index in [-0.39, 0.29) is 31.1 Å². The van der Waals surface area contributed by atoms with Crippen molar-refractivity contribution in [1.82, 2.24) is 0 Å².